The van der Waals surface area contributed by atoms with E-state index in [1.54, 1.807) is 6.92 Å². The first-order chi connectivity index (χ1) is 6.08. The van der Waals surface area contributed by atoms with Crippen LogP contribution < -0.4 is 10.5 Å². The van der Waals surface area contributed by atoms with Gasteiger partial charge in [0.05, 0.1) is 5.69 Å². The maximum atomic E-state index is 11.4. The normalized spacial score (nSPS) is 11.5. The molecule has 0 aromatic carbocycles. The van der Waals surface area contributed by atoms with Crippen molar-refractivity contribution < 1.29 is 8.42 Å². The third-order valence-corrected chi connectivity index (χ3v) is 3.03. The highest BCUT2D eigenvalue weighted by Crippen LogP contribution is 2.14. The number of hydrogen-bond acceptors (Lipinski definition) is 4. The molecule has 0 aliphatic heterocycles. The van der Waals surface area contributed by atoms with Crippen LogP contribution in [0.1, 0.15) is 6.92 Å². The highest BCUT2D eigenvalue weighted by molar-refractivity contribution is 7.89. The molecule has 6 heteroatoms. The minimum absolute atomic E-state index is 0.0249. The molecule has 1 heterocycles. The molecule has 0 radical (unpaired) electrons. The molecule has 1 rings (SSSR count). The van der Waals surface area contributed by atoms with Gasteiger partial charge in [-0.15, -0.1) is 0 Å². The second-order valence-corrected chi connectivity index (χ2v) is 4.15. The van der Waals surface area contributed by atoms with Gasteiger partial charge in [-0.2, -0.15) is 0 Å². The number of nitrogens with one attached hydrogen (secondary N) is 1. The van der Waals surface area contributed by atoms with Crippen LogP contribution in [0.3, 0.4) is 0 Å². The van der Waals surface area contributed by atoms with Crippen molar-refractivity contribution in [2.45, 2.75) is 11.8 Å². The van der Waals surface area contributed by atoms with Gasteiger partial charge in [0.1, 0.15) is 4.90 Å². The van der Waals surface area contributed by atoms with Gasteiger partial charge < -0.3 is 5.73 Å². The van der Waals surface area contributed by atoms with Crippen LogP contribution in [0.25, 0.3) is 0 Å². The molecule has 3 N–H and O–H groups in total. The van der Waals surface area contributed by atoms with E-state index < -0.39 is 10.0 Å². The van der Waals surface area contributed by atoms with Crippen LogP contribution >= 0.6 is 0 Å². The van der Waals surface area contributed by atoms with Crippen LogP contribution in [0.2, 0.25) is 0 Å². The molecular weight excluding hydrogens is 190 g/mol. The van der Waals surface area contributed by atoms with Crippen molar-refractivity contribution in [3.8, 4) is 0 Å². The molecule has 0 atom stereocenters. The zero-order valence-corrected chi connectivity index (χ0v) is 8.00. The third-order valence-electron chi connectivity index (χ3n) is 1.44. The molecule has 0 aliphatic rings. The summed E-state index contributed by atoms with van der Waals surface area (Å²) in [4.78, 5) is 3.72. The fraction of sp³-hybridized carbons (Fsp3) is 0.286. The van der Waals surface area contributed by atoms with Gasteiger partial charge in [-0.3, -0.25) is 4.98 Å². The minimum atomic E-state index is -3.48. The lowest BCUT2D eigenvalue weighted by Gasteiger charge is -2.05. The van der Waals surface area contributed by atoms with E-state index in [4.69, 9.17) is 5.73 Å². The Morgan fingerprint density at radius 1 is 1.62 bits per heavy atom. The Hall–Kier alpha value is -1.14. The summed E-state index contributed by atoms with van der Waals surface area (Å²) in [6.07, 6.45) is 2.67. The lowest BCUT2D eigenvalue weighted by atomic mass is 10.4. The Morgan fingerprint density at radius 3 is 2.85 bits per heavy atom. The summed E-state index contributed by atoms with van der Waals surface area (Å²) in [5, 5.41) is 0. The summed E-state index contributed by atoms with van der Waals surface area (Å²) in [6, 6.07) is 1.45. The molecule has 0 fully saturated rings. The molecule has 0 aliphatic carbocycles. The van der Waals surface area contributed by atoms with Crippen LogP contribution in [-0.4, -0.2) is 19.9 Å². The highest BCUT2D eigenvalue weighted by Gasteiger charge is 2.15. The minimum Gasteiger partial charge on any atom is -0.398 e. The van der Waals surface area contributed by atoms with E-state index in [2.05, 4.69) is 9.71 Å². The van der Waals surface area contributed by atoms with Crippen molar-refractivity contribution in [3.63, 3.8) is 0 Å². The molecule has 1 aromatic rings. The van der Waals surface area contributed by atoms with Crippen molar-refractivity contribution >= 4 is 15.7 Å². The van der Waals surface area contributed by atoms with Crippen molar-refractivity contribution in [2.75, 3.05) is 12.3 Å². The zero-order chi connectivity index (χ0) is 9.90. The third kappa shape index (κ3) is 2.16. The van der Waals surface area contributed by atoms with Gasteiger partial charge in [-0.25, -0.2) is 13.1 Å². The van der Waals surface area contributed by atoms with Crippen LogP contribution in [0.5, 0.6) is 0 Å². The van der Waals surface area contributed by atoms with Crippen LogP contribution in [0.4, 0.5) is 5.69 Å². The van der Waals surface area contributed by atoms with Gasteiger partial charge in [0.25, 0.3) is 0 Å². The average Bonchev–Trinajstić information content (AvgIpc) is 2.04. The van der Waals surface area contributed by atoms with E-state index in [0.717, 1.165) is 0 Å². The fourth-order valence-corrected chi connectivity index (χ4v) is 2.00. The Bertz CT molecular complexity index is 388. The molecule has 13 heavy (non-hydrogen) atoms. The molecule has 72 valence electrons. The van der Waals surface area contributed by atoms with Crippen LogP contribution in [-0.2, 0) is 10.0 Å². The number of aromatic nitrogens is 1. The Balaban J connectivity index is 3.15. The predicted molar refractivity (Wildman–Crippen MR) is 49.5 cm³/mol. The second-order valence-electron chi connectivity index (χ2n) is 2.41. The summed E-state index contributed by atoms with van der Waals surface area (Å²) in [7, 11) is -3.48. The van der Waals surface area contributed by atoms with Crippen molar-refractivity contribution in [1.82, 2.24) is 9.71 Å². The number of sulfonamides is 1. The number of anilines is 1. The topological polar surface area (TPSA) is 85.1 Å². The zero-order valence-electron chi connectivity index (χ0n) is 7.19. The molecule has 0 saturated heterocycles. The maximum absolute atomic E-state index is 11.4. The van der Waals surface area contributed by atoms with E-state index in [9.17, 15) is 8.42 Å². The number of hydrogen-bond donors (Lipinski definition) is 2. The summed E-state index contributed by atoms with van der Waals surface area (Å²) in [6.45, 7) is 2.03. The van der Waals surface area contributed by atoms with Crippen LogP contribution in [0.15, 0.2) is 23.4 Å². The van der Waals surface area contributed by atoms with E-state index >= 15 is 0 Å². The largest absolute Gasteiger partial charge is 0.398 e. The van der Waals surface area contributed by atoms with E-state index in [-0.39, 0.29) is 10.6 Å². The average molecular weight is 201 g/mol. The predicted octanol–water partition coefficient (Wildman–Crippen LogP) is -0.0380. The quantitative estimate of drug-likeness (QED) is 0.718. The Kier molecular flexibility index (Phi) is 2.84. The Morgan fingerprint density at radius 2 is 2.31 bits per heavy atom. The molecule has 0 unspecified atom stereocenters. The summed E-state index contributed by atoms with van der Waals surface area (Å²) < 4.78 is 25.2. The van der Waals surface area contributed by atoms with E-state index in [1.165, 1.54) is 18.5 Å². The van der Waals surface area contributed by atoms with E-state index in [1.807, 2.05) is 0 Å². The fourth-order valence-electron chi connectivity index (χ4n) is 0.883. The molecular formula is C7H11N3O2S. The Labute approximate surface area is 77.0 Å². The first kappa shape index (κ1) is 9.94. The summed E-state index contributed by atoms with van der Waals surface area (Å²) in [5.74, 6) is 0. The number of rotatable bonds is 3. The maximum Gasteiger partial charge on any atom is 0.244 e. The van der Waals surface area contributed by atoms with Crippen molar-refractivity contribution in [1.29, 1.82) is 0 Å². The number of nitrogens with two attached hydrogens (primary N) is 1. The lowest BCUT2D eigenvalue weighted by Crippen LogP contribution is -2.24. The van der Waals surface area contributed by atoms with Crippen molar-refractivity contribution in [2.24, 2.45) is 0 Å². The first-order valence-electron chi connectivity index (χ1n) is 3.77. The van der Waals surface area contributed by atoms with Gasteiger partial charge in [-0.1, -0.05) is 6.92 Å². The van der Waals surface area contributed by atoms with Crippen LogP contribution in [0, 0.1) is 0 Å². The second kappa shape index (κ2) is 3.71. The van der Waals surface area contributed by atoms with Gasteiger partial charge >= 0.3 is 0 Å². The van der Waals surface area contributed by atoms with Gasteiger partial charge in [0.15, 0.2) is 0 Å². The summed E-state index contributed by atoms with van der Waals surface area (Å²) >= 11 is 0. The smallest absolute Gasteiger partial charge is 0.244 e. The molecule has 0 spiro atoms. The molecule has 1 aromatic heterocycles. The molecule has 5 nitrogen and oxygen atoms in total. The molecule has 0 bridgehead atoms. The number of nitrogen functional groups attached to an aromatic ring is 1. The monoisotopic (exact) mass is 201 g/mol. The lowest BCUT2D eigenvalue weighted by molar-refractivity contribution is 0.584. The highest BCUT2D eigenvalue weighted by atomic mass is 32.2. The standard InChI is InChI=1S/C7H11N3O2S/c1-2-10-13(11,12)7-5-9-4-3-6(7)8/h3-5,10H,2H2,1H3,(H2,8,9). The van der Waals surface area contributed by atoms with Gasteiger partial charge in [-0.05, 0) is 6.07 Å². The summed E-state index contributed by atoms with van der Waals surface area (Å²) in [5.41, 5.74) is 5.68. The van der Waals surface area contributed by atoms with Gasteiger partial charge in [0, 0.05) is 18.9 Å². The first-order valence-corrected chi connectivity index (χ1v) is 5.25. The SMILES string of the molecule is CCNS(=O)(=O)c1cnccc1N. The number of nitrogens with zero attached hydrogens (tertiary/aromatic N) is 1. The van der Waals surface area contributed by atoms with E-state index in [0.29, 0.717) is 6.54 Å². The molecule has 0 saturated carbocycles. The number of pyridine rings is 1. The molecule has 0 amide bonds. The van der Waals surface area contributed by atoms with Crippen molar-refractivity contribution in [3.05, 3.63) is 18.5 Å². The van der Waals surface area contributed by atoms with Gasteiger partial charge in [0.2, 0.25) is 10.0 Å².